The zero-order valence-electron chi connectivity index (χ0n) is 11.7. The molecule has 0 spiro atoms. The van der Waals surface area contributed by atoms with E-state index in [0.29, 0.717) is 0 Å². The number of anilines is 2. The lowest BCUT2D eigenvalue weighted by Gasteiger charge is -2.10. The molecule has 1 rings (SSSR count). The Morgan fingerprint density at radius 1 is 1.22 bits per heavy atom. The number of unbranched alkanes of at least 4 members (excludes halogenated alkanes) is 1. The van der Waals surface area contributed by atoms with Crippen LogP contribution < -0.4 is 10.6 Å². The molecule has 0 bridgehead atoms. The van der Waals surface area contributed by atoms with E-state index in [1.165, 1.54) is 6.42 Å². The van der Waals surface area contributed by atoms with Gasteiger partial charge in [-0.2, -0.15) is 0 Å². The van der Waals surface area contributed by atoms with Gasteiger partial charge in [-0.05, 0) is 39.7 Å². The molecule has 6 heteroatoms. The van der Waals surface area contributed by atoms with E-state index in [1.54, 1.807) is 11.8 Å². The average Bonchev–Trinajstić information content (AvgIpc) is 2.37. The zero-order chi connectivity index (χ0) is 13.4. The first kappa shape index (κ1) is 15.0. The Morgan fingerprint density at radius 2 is 1.94 bits per heavy atom. The minimum absolute atomic E-state index is 0.789. The number of hydrogen-bond acceptors (Lipinski definition) is 6. The number of hydrogen-bond donors (Lipinski definition) is 2. The average molecular weight is 269 g/mol. The van der Waals surface area contributed by atoms with Gasteiger partial charge in [0.05, 0.1) is 0 Å². The summed E-state index contributed by atoms with van der Waals surface area (Å²) in [6.45, 7) is 2.07. The van der Waals surface area contributed by atoms with E-state index < -0.39 is 0 Å². The molecule has 0 aliphatic carbocycles. The van der Waals surface area contributed by atoms with Crippen molar-refractivity contribution in [2.45, 2.75) is 18.0 Å². The predicted octanol–water partition coefficient (Wildman–Crippen LogP) is 1.99. The SMILES string of the molecule is CNc1cc(NCCCCN(C)C)nc(SC)n1. The molecule has 5 nitrogen and oxygen atoms in total. The van der Waals surface area contributed by atoms with E-state index in [-0.39, 0.29) is 0 Å². The van der Waals surface area contributed by atoms with Crippen LogP contribution in [0.5, 0.6) is 0 Å². The zero-order valence-corrected chi connectivity index (χ0v) is 12.5. The second-order valence-electron chi connectivity index (χ2n) is 4.31. The van der Waals surface area contributed by atoms with Crippen LogP contribution in [0, 0.1) is 0 Å². The highest BCUT2D eigenvalue weighted by Crippen LogP contribution is 2.16. The van der Waals surface area contributed by atoms with Crippen LogP contribution in [-0.4, -0.2) is 55.4 Å². The summed E-state index contributed by atoms with van der Waals surface area (Å²) in [4.78, 5) is 11.0. The quantitative estimate of drug-likeness (QED) is 0.428. The minimum atomic E-state index is 0.789. The first-order chi connectivity index (χ1) is 8.65. The fraction of sp³-hybridized carbons (Fsp3) is 0.667. The van der Waals surface area contributed by atoms with Crippen molar-refractivity contribution >= 4 is 23.4 Å². The normalized spacial score (nSPS) is 10.7. The number of rotatable bonds is 8. The largest absolute Gasteiger partial charge is 0.373 e. The van der Waals surface area contributed by atoms with Crippen molar-refractivity contribution in [2.75, 3.05) is 51.1 Å². The van der Waals surface area contributed by atoms with Crippen molar-refractivity contribution in [2.24, 2.45) is 0 Å². The van der Waals surface area contributed by atoms with Crippen LogP contribution in [0.1, 0.15) is 12.8 Å². The predicted molar refractivity (Wildman–Crippen MR) is 79.6 cm³/mol. The summed E-state index contributed by atoms with van der Waals surface area (Å²) in [5, 5.41) is 7.18. The lowest BCUT2D eigenvalue weighted by Crippen LogP contribution is -2.14. The molecule has 0 aromatic carbocycles. The summed E-state index contributed by atoms with van der Waals surface area (Å²) in [5.74, 6) is 1.74. The summed E-state index contributed by atoms with van der Waals surface area (Å²) in [6.07, 6.45) is 4.32. The molecule has 0 atom stereocenters. The number of aromatic nitrogens is 2. The molecule has 1 aromatic heterocycles. The number of nitrogens with zero attached hydrogens (tertiary/aromatic N) is 3. The van der Waals surface area contributed by atoms with Crippen LogP contribution in [-0.2, 0) is 0 Å². The van der Waals surface area contributed by atoms with Crippen LogP contribution in [0.3, 0.4) is 0 Å². The van der Waals surface area contributed by atoms with E-state index >= 15 is 0 Å². The van der Waals surface area contributed by atoms with E-state index in [9.17, 15) is 0 Å². The van der Waals surface area contributed by atoms with Crippen LogP contribution in [0.4, 0.5) is 11.6 Å². The highest BCUT2D eigenvalue weighted by molar-refractivity contribution is 7.98. The van der Waals surface area contributed by atoms with Crippen molar-refractivity contribution in [3.8, 4) is 0 Å². The Kier molecular flexibility index (Phi) is 6.82. The Labute approximate surface area is 114 Å². The molecule has 102 valence electrons. The van der Waals surface area contributed by atoms with E-state index in [1.807, 2.05) is 19.4 Å². The second-order valence-corrected chi connectivity index (χ2v) is 5.09. The number of thioether (sulfide) groups is 1. The van der Waals surface area contributed by atoms with Crippen molar-refractivity contribution in [3.63, 3.8) is 0 Å². The maximum atomic E-state index is 4.42. The molecule has 0 saturated carbocycles. The van der Waals surface area contributed by atoms with Gasteiger partial charge < -0.3 is 15.5 Å². The minimum Gasteiger partial charge on any atom is -0.373 e. The Balaban J connectivity index is 2.41. The van der Waals surface area contributed by atoms with Crippen molar-refractivity contribution in [1.82, 2.24) is 14.9 Å². The molecule has 1 aromatic rings. The maximum Gasteiger partial charge on any atom is 0.191 e. The summed E-state index contributed by atoms with van der Waals surface area (Å²) in [5.41, 5.74) is 0. The van der Waals surface area contributed by atoms with Crippen molar-refractivity contribution in [1.29, 1.82) is 0 Å². The molecule has 0 aliphatic rings. The molecule has 0 amide bonds. The summed E-state index contributed by atoms with van der Waals surface area (Å²) < 4.78 is 0. The molecule has 2 N–H and O–H groups in total. The monoisotopic (exact) mass is 269 g/mol. The maximum absolute atomic E-state index is 4.42. The Hall–Kier alpha value is -1.01. The number of nitrogens with one attached hydrogen (secondary N) is 2. The molecule has 0 aliphatic heterocycles. The second kappa shape index (κ2) is 8.16. The van der Waals surface area contributed by atoms with Crippen LogP contribution in [0.25, 0.3) is 0 Å². The molecule has 1 heterocycles. The van der Waals surface area contributed by atoms with Gasteiger partial charge in [-0.25, -0.2) is 9.97 Å². The molecule has 0 radical (unpaired) electrons. The molecular formula is C12H23N5S. The van der Waals surface area contributed by atoms with E-state index in [0.717, 1.165) is 36.3 Å². The van der Waals surface area contributed by atoms with Crippen LogP contribution in [0.2, 0.25) is 0 Å². The molecule has 0 unspecified atom stereocenters. The highest BCUT2D eigenvalue weighted by atomic mass is 32.2. The third kappa shape index (κ3) is 5.55. The van der Waals surface area contributed by atoms with Gasteiger partial charge in [-0.3, -0.25) is 0 Å². The lowest BCUT2D eigenvalue weighted by molar-refractivity contribution is 0.396. The third-order valence-electron chi connectivity index (χ3n) is 2.48. The standard InChI is InChI=1S/C12H23N5S/c1-13-10-9-11(16-12(15-10)18-4)14-7-5-6-8-17(2)3/h9H,5-8H2,1-4H3,(H2,13,14,15,16). The van der Waals surface area contributed by atoms with E-state index in [4.69, 9.17) is 0 Å². The summed E-state index contributed by atoms with van der Waals surface area (Å²) in [7, 11) is 6.07. The van der Waals surface area contributed by atoms with Crippen LogP contribution in [0.15, 0.2) is 11.2 Å². The van der Waals surface area contributed by atoms with Gasteiger partial charge >= 0.3 is 0 Å². The topological polar surface area (TPSA) is 53.1 Å². The van der Waals surface area contributed by atoms with Gasteiger partial charge in [0.2, 0.25) is 0 Å². The summed E-state index contributed by atoms with van der Waals surface area (Å²) >= 11 is 1.55. The van der Waals surface area contributed by atoms with Gasteiger partial charge in [0.25, 0.3) is 0 Å². The highest BCUT2D eigenvalue weighted by Gasteiger charge is 2.02. The molecule has 0 saturated heterocycles. The summed E-state index contributed by atoms with van der Waals surface area (Å²) in [6, 6.07) is 1.94. The van der Waals surface area contributed by atoms with Gasteiger partial charge in [-0.15, -0.1) is 0 Å². The Morgan fingerprint density at radius 3 is 2.56 bits per heavy atom. The molecular weight excluding hydrogens is 246 g/mol. The molecule has 0 fully saturated rings. The fourth-order valence-corrected chi connectivity index (χ4v) is 1.88. The molecule has 18 heavy (non-hydrogen) atoms. The third-order valence-corrected chi connectivity index (χ3v) is 3.03. The lowest BCUT2D eigenvalue weighted by atomic mass is 10.3. The Bertz CT molecular complexity index is 334. The van der Waals surface area contributed by atoms with Crippen molar-refractivity contribution in [3.05, 3.63) is 6.07 Å². The van der Waals surface area contributed by atoms with E-state index in [2.05, 4.69) is 39.6 Å². The first-order valence-electron chi connectivity index (χ1n) is 6.15. The fourth-order valence-electron chi connectivity index (χ4n) is 1.50. The van der Waals surface area contributed by atoms with Gasteiger partial charge in [0.1, 0.15) is 11.6 Å². The smallest absolute Gasteiger partial charge is 0.191 e. The van der Waals surface area contributed by atoms with Gasteiger partial charge in [-0.1, -0.05) is 11.8 Å². The van der Waals surface area contributed by atoms with Gasteiger partial charge in [0.15, 0.2) is 5.16 Å². The van der Waals surface area contributed by atoms with Gasteiger partial charge in [0, 0.05) is 19.7 Å². The first-order valence-corrected chi connectivity index (χ1v) is 7.37. The van der Waals surface area contributed by atoms with Crippen molar-refractivity contribution < 1.29 is 0 Å². The van der Waals surface area contributed by atoms with Crippen LogP contribution >= 0.6 is 11.8 Å².